The van der Waals surface area contributed by atoms with E-state index in [0.717, 1.165) is 28.4 Å². The van der Waals surface area contributed by atoms with E-state index in [-0.39, 0.29) is 11.9 Å². The highest BCUT2D eigenvalue weighted by atomic mass is 79.9. The fourth-order valence-electron chi connectivity index (χ4n) is 2.21. The van der Waals surface area contributed by atoms with Crippen molar-refractivity contribution in [3.05, 3.63) is 27.7 Å². The lowest BCUT2D eigenvalue weighted by atomic mass is 10.2. The van der Waals surface area contributed by atoms with E-state index in [2.05, 4.69) is 15.9 Å². The van der Waals surface area contributed by atoms with Crippen LogP contribution in [0.2, 0.25) is 0 Å². The Labute approximate surface area is 135 Å². The van der Waals surface area contributed by atoms with Crippen molar-refractivity contribution in [3.63, 3.8) is 0 Å². The summed E-state index contributed by atoms with van der Waals surface area (Å²) in [6.07, 6.45) is 1.59. The second-order valence-corrected chi connectivity index (χ2v) is 7.91. The molecule has 0 bridgehead atoms. The smallest absolute Gasteiger partial charge is 0.207 e. The minimum atomic E-state index is -3.50. The molecule has 0 radical (unpaired) electrons. The molecule has 0 aromatic heterocycles. The molecule has 0 unspecified atom stereocenters. The van der Waals surface area contributed by atoms with Gasteiger partial charge in [-0.2, -0.15) is 4.31 Å². The first-order valence-corrected chi connectivity index (χ1v) is 9.39. The van der Waals surface area contributed by atoms with E-state index in [4.69, 9.17) is 11.6 Å². The highest BCUT2D eigenvalue weighted by Gasteiger charge is 2.28. The summed E-state index contributed by atoms with van der Waals surface area (Å²) >= 11 is 9.25. The summed E-state index contributed by atoms with van der Waals surface area (Å²) in [5.41, 5.74) is 1.51. The van der Waals surface area contributed by atoms with Crippen LogP contribution >= 0.6 is 27.5 Å². The quantitative estimate of drug-likeness (QED) is 0.688. The van der Waals surface area contributed by atoms with Crippen molar-refractivity contribution >= 4 is 37.6 Å². The van der Waals surface area contributed by atoms with E-state index in [0.29, 0.717) is 4.90 Å². The predicted octanol–water partition coefficient (Wildman–Crippen LogP) is 4.31. The molecule has 1 aromatic rings. The SMILES string of the molecule is CCC(CC)N(C)S(=O)(=O)c1cc(CCl)cc(Br)c1C. The number of hydrogen-bond acceptors (Lipinski definition) is 2. The zero-order valence-corrected chi connectivity index (χ0v) is 15.4. The Kier molecular flexibility index (Phi) is 6.51. The van der Waals surface area contributed by atoms with Crippen molar-refractivity contribution in [2.24, 2.45) is 0 Å². The molecule has 0 fully saturated rings. The lowest BCUT2D eigenvalue weighted by Crippen LogP contribution is -2.36. The molecule has 0 amide bonds. The Bertz CT molecular complexity index is 571. The van der Waals surface area contributed by atoms with Crippen molar-refractivity contribution in [2.75, 3.05) is 7.05 Å². The number of sulfonamides is 1. The second kappa shape index (κ2) is 7.25. The van der Waals surface area contributed by atoms with Gasteiger partial charge in [0, 0.05) is 23.4 Å². The number of hydrogen-bond donors (Lipinski definition) is 0. The molecule has 0 saturated carbocycles. The second-order valence-electron chi connectivity index (χ2n) is 4.83. The first-order valence-electron chi connectivity index (χ1n) is 6.62. The summed E-state index contributed by atoms with van der Waals surface area (Å²) in [5, 5.41) is 0. The van der Waals surface area contributed by atoms with Gasteiger partial charge in [-0.15, -0.1) is 11.6 Å². The van der Waals surface area contributed by atoms with Crippen LogP contribution < -0.4 is 0 Å². The van der Waals surface area contributed by atoms with E-state index < -0.39 is 10.0 Å². The van der Waals surface area contributed by atoms with Gasteiger partial charge in [-0.05, 0) is 43.0 Å². The number of rotatable bonds is 6. The Hall–Kier alpha value is -0.100. The molecule has 0 aliphatic heterocycles. The van der Waals surface area contributed by atoms with Gasteiger partial charge < -0.3 is 0 Å². The van der Waals surface area contributed by atoms with Crippen LogP contribution in [0.5, 0.6) is 0 Å². The number of benzene rings is 1. The molecule has 3 nitrogen and oxygen atoms in total. The Balaban J connectivity index is 3.38. The predicted molar refractivity (Wildman–Crippen MR) is 87.8 cm³/mol. The van der Waals surface area contributed by atoms with E-state index in [1.165, 1.54) is 4.31 Å². The topological polar surface area (TPSA) is 37.4 Å². The third kappa shape index (κ3) is 3.56. The third-order valence-corrected chi connectivity index (χ3v) is 6.79. The Morgan fingerprint density at radius 1 is 1.30 bits per heavy atom. The molecular weight excluding hydrogens is 362 g/mol. The largest absolute Gasteiger partial charge is 0.243 e. The molecule has 0 saturated heterocycles. The van der Waals surface area contributed by atoms with Crippen LogP contribution in [0.3, 0.4) is 0 Å². The Morgan fingerprint density at radius 2 is 1.85 bits per heavy atom. The van der Waals surface area contributed by atoms with Crippen molar-refractivity contribution in [1.29, 1.82) is 0 Å². The lowest BCUT2D eigenvalue weighted by molar-refractivity contribution is 0.349. The molecule has 0 aliphatic rings. The van der Waals surface area contributed by atoms with Gasteiger partial charge in [-0.1, -0.05) is 29.8 Å². The molecule has 114 valence electrons. The fraction of sp³-hybridized carbons (Fsp3) is 0.571. The normalized spacial score (nSPS) is 12.4. The van der Waals surface area contributed by atoms with Crippen molar-refractivity contribution < 1.29 is 8.42 Å². The van der Waals surface area contributed by atoms with Gasteiger partial charge in [0.2, 0.25) is 10.0 Å². The van der Waals surface area contributed by atoms with Gasteiger partial charge in [0.15, 0.2) is 0 Å². The maximum Gasteiger partial charge on any atom is 0.243 e. The number of alkyl halides is 1. The maximum absolute atomic E-state index is 12.8. The van der Waals surface area contributed by atoms with Gasteiger partial charge in [-0.25, -0.2) is 8.42 Å². The maximum atomic E-state index is 12.8. The molecule has 6 heteroatoms. The lowest BCUT2D eigenvalue weighted by Gasteiger charge is -2.26. The first kappa shape index (κ1) is 18.0. The molecule has 1 rings (SSSR count). The summed E-state index contributed by atoms with van der Waals surface area (Å²) in [5.74, 6) is 0.288. The molecule has 0 spiro atoms. The highest BCUT2D eigenvalue weighted by Crippen LogP contribution is 2.29. The van der Waals surface area contributed by atoms with Crippen LogP contribution in [-0.4, -0.2) is 25.8 Å². The van der Waals surface area contributed by atoms with Crippen LogP contribution in [0.4, 0.5) is 0 Å². The number of nitrogens with zero attached hydrogens (tertiary/aromatic N) is 1. The third-order valence-electron chi connectivity index (χ3n) is 3.62. The summed E-state index contributed by atoms with van der Waals surface area (Å²) < 4.78 is 27.8. The van der Waals surface area contributed by atoms with Crippen molar-refractivity contribution in [3.8, 4) is 0 Å². The van der Waals surface area contributed by atoms with Crippen LogP contribution in [0.25, 0.3) is 0 Å². The summed E-state index contributed by atoms with van der Waals surface area (Å²) in [7, 11) is -1.86. The molecule has 1 aromatic carbocycles. The van der Waals surface area contributed by atoms with Crippen LogP contribution in [0, 0.1) is 6.92 Å². The molecular formula is C14H21BrClNO2S. The highest BCUT2D eigenvalue weighted by molar-refractivity contribution is 9.10. The van der Waals surface area contributed by atoms with Gasteiger partial charge in [0.25, 0.3) is 0 Å². The molecule has 0 heterocycles. The van der Waals surface area contributed by atoms with Gasteiger partial charge >= 0.3 is 0 Å². The molecule has 0 atom stereocenters. The zero-order chi connectivity index (χ0) is 15.5. The van der Waals surface area contributed by atoms with Gasteiger partial charge in [0.05, 0.1) is 4.90 Å². The number of halogens is 2. The Morgan fingerprint density at radius 3 is 2.30 bits per heavy atom. The monoisotopic (exact) mass is 381 g/mol. The van der Waals surface area contributed by atoms with Crippen LogP contribution in [0.15, 0.2) is 21.5 Å². The van der Waals surface area contributed by atoms with Crippen molar-refractivity contribution in [2.45, 2.75) is 50.4 Å². The van der Waals surface area contributed by atoms with Crippen molar-refractivity contribution in [1.82, 2.24) is 4.31 Å². The fourth-order valence-corrected chi connectivity index (χ4v) is 4.80. The van der Waals surface area contributed by atoms with Crippen LogP contribution in [0.1, 0.15) is 37.8 Å². The van der Waals surface area contributed by atoms with E-state index in [1.54, 1.807) is 20.0 Å². The summed E-state index contributed by atoms with van der Waals surface area (Å²) in [6, 6.07) is 3.54. The standard InChI is InChI=1S/C14H21BrClNO2S/c1-5-12(6-2)17(4)20(18,19)14-8-11(9-16)7-13(15)10(14)3/h7-8,12H,5-6,9H2,1-4H3. The van der Waals surface area contributed by atoms with E-state index in [1.807, 2.05) is 19.9 Å². The van der Waals surface area contributed by atoms with Gasteiger partial charge in [0.1, 0.15) is 0 Å². The summed E-state index contributed by atoms with van der Waals surface area (Å²) in [4.78, 5) is 0.330. The molecule has 20 heavy (non-hydrogen) atoms. The zero-order valence-electron chi connectivity index (χ0n) is 12.3. The van der Waals surface area contributed by atoms with E-state index >= 15 is 0 Å². The average Bonchev–Trinajstić information content (AvgIpc) is 2.42. The average molecular weight is 383 g/mol. The van der Waals surface area contributed by atoms with Gasteiger partial charge in [-0.3, -0.25) is 0 Å². The van der Waals surface area contributed by atoms with Crippen LogP contribution in [-0.2, 0) is 15.9 Å². The summed E-state index contributed by atoms with van der Waals surface area (Å²) in [6.45, 7) is 5.80. The minimum Gasteiger partial charge on any atom is -0.207 e. The molecule has 0 N–H and O–H groups in total. The van der Waals surface area contributed by atoms with E-state index in [9.17, 15) is 8.42 Å². The first-order chi connectivity index (χ1) is 9.29. The minimum absolute atomic E-state index is 0.0119. The molecule has 0 aliphatic carbocycles.